The fourth-order valence-corrected chi connectivity index (χ4v) is 32.4. The first kappa shape index (κ1) is 15.5. The average molecular weight is 314 g/mol. The first-order valence-corrected chi connectivity index (χ1v) is 17.3. The minimum Gasteiger partial charge on any atom is -0.0744 e. The first-order chi connectivity index (χ1) is 9.37. The molecule has 3 heteroatoms. The van der Waals surface area contributed by atoms with E-state index in [0.717, 1.165) is 0 Å². The zero-order valence-electron chi connectivity index (χ0n) is 13.3. The van der Waals surface area contributed by atoms with E-state index in [1.54, 1.807) is 10.4 Å². The molecule has 0 unspecified atom stereocenters. The Morgan fingerprint density at radius 2 is 0.900 bits per heavy atom. The van der Waals surface area contributed by atoms with Gasteiger partial charge in [-0.1, -0.05) is 104 Å². The maximum Gasteiger partial charge on any atom is 0.0691 e. The molecule has 0 N–H and O–H groups in total. The van der Waals surface area contributed by atoms with Gasteiger partial charge < -0.3 is 0 Å². The summed E-state index contributed by atoms with van der Waals surface area (Å²) in [4.78, 5) is 0. The van der Waals surface area contributed by atoms with E-state index >= 15 is 0 Å². The molecule has 0 aromatic heterocycles. The Kier molecular flexibility index (Phi) is 4.52. The minimum atomic E-state index is -1.34. The summed E-state index contributed by atoms with van der Waals surface area (Å²) in [7, 11) is -3.04. The summed E-state index contributed by atoms with van der Waals surface area (Å²) >= 11 is 0. The van der Waals surface area contributed by atoms with Crippen molar-refractivity contribution in [3.63, 3.8) is 0 Å². The lowest BCUT2D eigenvalue weighted by atomic mass is 10.4. The molecule has 20 heavy (non-hydrogen) atoms. The second kappa shape index (κ2) is 5.84. The zero-order chi connectivity index (χ0) is 14.8. The van der Waals surface area contributed by atoms with Gasteiger partial charge in [0.25, 0.3) is 0 Å². The van der Waals surface area contributed by atoms with Crippen molar-refractivity contribution < 1.29 is 0 Å². The monoisotopic (exact) mass is 313 g/mol. The van der Waals surface area contributed by atoms with Crippen molar-refractivity contribution >= 4 is 33.4 Å². The van der Waals surface area contributed by atoms with E-state index in [1.807, 2.05) is 0 Å². The molecular formula is C17H25Si3. The van der Waals surface area contributed by atoms with Gasteiger partial charge >= 0.3 is 0 Å². The van der Waals surface area contributed by atoms with Gasteiger partial charge in [0.1, 0.15) is 0 Å². The third-order valence-corrected chi connectivity index (χ3v) is 36.4. The largest absolute Gasteiger partial charge is 0.0744 e. The van der Waals surface area contributed by atoms with Gasteiger partial charge in [0.2, 0.25) is 0 Å². The van der Waals surface area contributed by atoms with Crippen LogP contribution in [0, 0.1) is 0 Å². The van der Waals surface area contributed by atoms with Crippen LogP contribution in [0.25, 0.3) is 0 Å². The van der Waals surface area contributed by atoms with Crippen LogP contribution in [0.15, 0.2) is 60.7 Å². The normalized spacial score (nSPS) is 12.7. The molecule has 0 atom stereocenters. The molecule has 1 radical (unpaired) electrons. The van der Waals surface area contributed by atoms with Crippen LogP contribution in [0.5, 0.6) is 0 Å². The Morgan fingerprint density at radius 1 is 0.600 bits per heavy atom. The minimum absolute atomic E-state index is 0.369. The van der Waals surface area contributed by atoms with Crippen molar-refractivity contribution in [2.45, 2.75) is 32.7 Å². The Morgan fingerprint density at radius 3 is 1.20 bits per heavy atom. The summed E-state index contributed by atoms with van der Waals surface area (Å²) in [5.74, 6) is 0. The van der Waals surface area contributed by atoms with Crippen LogP contribution in [-0.2, 0) is 0 Å². The Bertz CT molecular complexity index is 495. The second-order valence-electron chi connectivity index (χ2n) is 6.61. The van der Waals surface area contributed by atoms with Gasteiger partial charge in [-0.05, 0) is 0 Å². The van der Waals surface area contributed by atoms with Gasteiger partial charge in [-0.15, -0.1) is 0 Å². The fourth-order valence-electron chi connectivity index (χ4n) is 2.92. The standard InChI is InChI=1S/C17H25Si3/c1-18(19(2,3)16-12-8-6-9-13-16)20(4,5)17-14-10-7-11-15-17/h6-15H,1-5H3. The molecular weight excluding hydrogens is 288 g/mol. The van der Waals surface area contributed by atoms with Crippen LogP contribution >= 0.6 is 0 Å². The first-order valence-electron chi connectivity index (χ1n) is 7.32. The lowest BCUT2D eigenvalue weighted by molar-refractivity contribution is 1.71. The van der Waals surface area contributed by atoms with E-state index in [9.17, 15) is 0 Å². The van der Waals surface area contributed by atoms with Gasteiger partial charge in [-0.3, -0.25) is 0 Å². The third kappa shape index (κ3) is 2.90. The van der Waals surface area contributed by atoms with Gasteiger partial charge in [-0.25, -0.2) is 0 Å². The molecule has 0 fully saturated rings. The van der Waals surface area contributed by atoms with E-state index in [2.05, 4.69) is 93.4 Å². The molecule has 0 heterocycles. The second-order valence-corrected chi connectivity index (χ2v) is 29.0. The number of hydrogen-bond acceptors (Lipinski definition) is 0. The van der Waals surface area contributed by atoms with E-state index in [4.69, 9.17) is 0 Å². The van der Waals surface area contributed by atoms with E-state index < -0.39 is 15.2 Å². The summed E-state index contributed by atoms with van der Waals surface area (Å²) in [6.45, 7) is 12.9. The molecule has 0 bridgehead atoms. The van der Waals surface area contributed by atoms with Crippen molar-refractivity contribution in [1.82, 2.24) is 0 Å². The van der Waals surface area contributed by atoms with Crippen LogP contribution in [0.2, 0.25) is 32.7 Å². The molecule has 0 aliphatic rings. The quantitative estimate of drug-likeness (QED) is 0.758. The molecule has 0 nitrogen and oxygen atoms in total. The fraction of sp³-hybridized carbons (Fsp3) is 0.294. The average Bonchev–Trinajstić information content (AvgIpc) is 2.48. The van der Waals surface area contributed by atoms with Crippen molar-refractivity contribution in [2.24, 2.45) is 0 Å². The van der Waals surface area contributed by atoms with E-state index in [1.165, 1.54) is 0 Å². The van der Waals surface area contributed by atoms with Crippen LogP contribution in [0.4, 0.5) is 0 Å². The summed E-state index contributed by atoms with van der Waals surface area (Å²) < 4.78 is 0. The lowest BCUT2D eigenvalue weighted by Gasteiger charge is -2.39. The predicted octanol–water partition coefficient (Wildman–Crippen LogP) is 3.50. The molecule has 2 rings (SSSR count). The summed E-state index contributed by atoms with van der Waals surface area (Å²) in [5, 5.41) is 3.26. The molecule has 0 saturated heterocycles. The Hall–Kier alpha value is -0.909. The summed E-state index contributed by atoms with van der Waals surface area (Å²) in [5.41, 5.74) is 0. The maximum absolute atomic E-state index is 2.60. The van der Waals surface area contributed by atoms with Crippen LogP contribution in [-0.4, -0.2) is 23.0 Å². The number of benzene rings is 2. The molecule has 0 saturated carbocycles. The van der Waals surface area contributed by atoms with Crippen molar-refractivity contribution in [3.8, 4) is 0 Å². The van der Waals surface area contributed by atoms with Crippen molar-refractivity contribution in [1.29, 1.82) is 0 Å². The molecule has 0 aliphatic heterocycles. The number of rotatable bonds is 4. The van der Waals surface area contributed by atoms with Crippen LogP contribution < -0.4 is 10.4 Å². The third-order valence-electron chi connectivity index (χ3n) is 4.87. The smallest absolute Gasteiger partial charge is 0.0691 e. The molecule has 105 valence electrons. The highest BCUT2D eigenvalue weighted by atomic mass is 29.6. The van der Waals surface area contributed by atoms with Crippen molar-refractivity contribution in [3.05, 3.63) is 60.7 Å². The molecule has 0 aliphatic carbocycles. The van der Waals surface area contributed by atoms with E-state index in [0.29, 0.717) is 0 Å². The topological polar surface area (TPSA) is 0 Å². The van der Waals surface area contributed by atoms with Crippen molar-refractivity contribution in [2.75, 3.05) is 0 Å². The molecule has 0 spiro atoms. The van der Waals surface area contributed by atoms with Crippen LogP contribution in [0.1, 0.15) is 0 Å². The highest BCUT2D eigenvalue weighted by Gasteiger charge is 2.43. The van der Waals surface area contributed by atoms with Crippen LogP contribution in [0.3, 0.4) is 0 Å². The number of hydrogen-bond donors (Lipinski definition) is 0. The summed E-state index contributed by atoms with van der Waals surface area (Å²) in [6, 6.07) is 22.5. The zero-order valence-corrected chi connectivity index (χ0v) is 16.3. The maximum atomic E-state index is 2.60. The van der Waals surface area contributed by atoms with Gasteiger partial charge in [-0.2, -0.15) is 0 Å². The SMILES string of the molecule is C[Si]([Si](C)(C)c1ccccc1)[Si](C)(C)c1ccccc1. The lowest BCUT2D eigenvalue weighted by Crippen LogP contribution is -2.69. The predicted molar refractivity (Wildman–Crippen MR) is 98.7 cm³/mol. The highest BCUT2D eigenvalue weighted by molar-refractivity contribution is 7.65. The highest BCUT2D eigenvalue weighted by Crippen LogP contribution is 2.18. The Balaban J connectivity index is 2.37. The van der Waals surface area contributed by atoms with E-state index in [-0.39, 0.29) is 7.83 Å². The summed E-state index contributed by atoms with van der Waals surface area (Å²) in [6.07, 6.45) is 0. The molecule has 2 aromatic rings. The molecule has 2 aromatic carbocycles. The van der Waals surface area contributed by atoms with Gasteiger partial charge in [0.15, 0.2) is 0 Å². The molecule has 0 amide bonds. The van der Waals surface area contributed by atoms with Gasteiger partial charge in [0.05, 0.1) is 15.2 Å². The van der Waals surface area contributed by atoms with Gasteiger partial charge in [0, 0.05) is 7.83 Å². The Labute approximate surface area is 127 Å².